The molecule has 80 valence electrons. The van der Waals surface area contributed by atoms with E-state index in [1.807, 2.05) is 0 Å². The molecular formula is C10H18N2O2. The first kappa shape index (κ1) is 9.93. The number of hydrogen-bond donors (Lipinski definition) is 2. The Hall–Kier alpha value is -0.610. The van der Waals surface area contributed by atoms with Crippen molar-refractivity contribution in [3.8, 4) is 0 Å². The average molecular weight is 198 g/mol. The van der Waals surface area contributed by atoms with E-state index in [0.29, 0.717) is 18.9 Å². The lowest BCUT2D eigenvalue weighted by molar-refractivity contribution is -0.130. The zero-order chi connectivity index (χ0) is 10.2. The van der Waals surface area contributed by atoms with Gasteiger partial charge in [0.1, 0.15) is 0 Å². The Morgan fingerprint density at radius 2 is 2.36 bits per heavy atom. The average Bonchev–Trinajstić information content (AvgIpc) is 2.24. The number of β-amino-alcohol motifs (C(OH)–C–C–N with tert-alkyl or cyclic N) is 1. The summed E-state index contributed by atoms with van der Waals surface area (Å²) in [6.07, 6.45) is 4.32. The van der Waals surface area contributed by atoms with Gasteiger partial charge in [0.15, 0.2) is 0 Å². The molecule has 2 rings (SSSR count). The standard InChI is InChI=1S/C10H18N2O2/c1-10(8-3-2-4-8)7-9(14)12(11-10)5-6-13/h8,11,13H,2-7H2,1H3. The van der Waals surface area contributed by atoms with E-state index in [-0.39, 0.29) is 18.1 Å². The molecular weight excluding hydrogens is 180 g/mol. The highest BCUT2D eigenvalue weighted by Gasteiger charge is 2.46. The highest BCUT2D eigenvalue weighted by molar-refractivity contribution is 5.79. The van der Waals surface area contributed by atoms with Gasteiger partial charge in [0, 0.05) is 12.0 Å². The van der Waals surface area contributed by atoms with Crippen LogP contribution in [0.2, 0.25) is 0 Å². The van der Waals surface area contributed by atoms with Crippen LogP contribution in [0.3, 0.4) is 0 Å². The molecule has 1 saturated carbocycles. The molecule has 1 heterocycles. The predicted octanol–water partition coefficient (Wildman–Crippen LogP) is 0.274. The van der Waals surface area contributed by atoms with Crippen LogP contribution in [0.15, 0.2) is 0 Å². The first-order valence-corrected chi connectivity index (χ1v) is 5.35. The summed E-state index contributed by atoms with van der Waals surface area (Å²) in [6, 6.07) is 0. The molecule has 0 spiro atoms. The molecule has 14 heavy (non-hydrogen) atoms. The molecule has 2 aliphatic rings. The van der Waals surface area contributed by atoms with Crippen molar-refractivity contribution >= 4 is 5.91 Å². The van der Waals surface area contributed by atoms with Crippen LogP contribution in [0.25, 0.3) is 0 Å². The molecule has 4 heteroatoms. The number of hydrogen-bond acceptors (Lipinski definition) is 3. The first-order valence-electron chi connectivity index (χ1n) is 5.35. The number of amides is 1. The van der Waals surface area contributed by atoms with Crippen molar-refractivity contribution in [1.82, 2.24) is 10.4 Å². The van der Waals surface area contributed by atoms with E-state index in [1.165, 1.54) is 19.3 Å². The third kappa shape index (κ3) is 1.53. The Labute approximate surface area is 84.2 Å². The molecule has 1 unspecified atom stereocenters. The summed E-state index contributed by atoms with van der Waals surface area (Å²) in [7, 11) is 0. The van der Waals surface area contributed by atoms with Gasteiger partial charge in [-0.2, -0.15) is 0 Å². The zero-order valence-electron chi connectivity index (χ0n) is 8.62. The van der Waals surface area contributed by atoms with Gasteiger partial charge in [0.25, 0.3) is 0 Å². The summed E-state index contributed by atoms with van der Waals surface area (Å²) < 4.78 is 0. The number of carbonyl (C=O) groups is 1. The number of aliphatic hydroxyl groups is 1. The minimum Gasteiger partial charge on any atom is -0.394 e. The van der Waals surface area contributed by atoms with Gasteiger partial charge in [-0.15, -0.1) is 0 Å². The first-order chi connectivity index (χ1) is 6.65. The van der Waals surface area contributed by atoms with Crippen LogP contribution >= 0.6 is 0 Å². The molecule has 1 aliphatic heterocycles. The van der Waals surface area contributed by atoms with Gasteiger partial charge in [-0.25, -0.2) is 5.43 Å². The smallest absolute Gasteiger partial charge is 0.238 e. The SMILES string of the molecule is CC1(C2CCC2)CC(=O)N(CCO)N1. The summed E-state index contributed by atoms with van der Waals surface area (Å²) in [5, 5.41) is 10.4. The van der Waals surface area contributed by atoms with Crippen LogP contribution in [-0.2, 0) is 4.79 Å². The zero-order valence-corrected chi connectivity index (χ0v) is 8.62. The van der Waals surface area contributed by atoms with E-state index >= 15 is 0 Å². The molecule has 0 aromatic rings. The monoisotopic (exact) mass is 198 g/mol. The van der Waals surface area contributed by atoms with E-state index in [4.69, 9.17) is 5.11 Å². The molecule has 1 atom stereocenters. The lowest BCUT2D eigenvalue weighted by Gasteiger charge is -2.40. The van der Waals surface area contributed by atoms with Gasteiger partial charge in [0.2, 0.25) is 5.91 Å². The van der Waals surface area contributed by atoms with E-state index < -0.39 is 0 Å². The van der Waals surface area contributed by atoms with Gasteiger partial charge >= 0.3 is 0 Å². The number of carbonyl (C=O) groups excluding carboxylic acids is 1. The van der Waals surface area contributed by atoms with E-state index in [1.54, 1.807) is 5.01 Å². The largest absolute Gasteiger partial charge is 0.394 e. The van der Waals surface area contributed by atoms with E-state index in [0.717, 1.165) is 0 Å². The van der Waals surface area contributed by atoms with Crippen molar-refractivity contribution in [3.05, 3.63) is 0 Å². The number of nitrogens with zero attached hydrogens (tertiary/aromatic N) is 1. The summed E-state index contributed by atoms with van der Waals surface area (Å²) in [5.41, 5.74) is 3.19. The molecule has 1 saturated heterocycles. The number of nitrogens with one attached hydrogen (secondary N) is 1. The topological polar surface area (TPSA) is 52.6 Å². The maximum atomic E-state index is 11.6. The minimum absolute atomic E-state index is 0.0273. The molecule has 0 aromatic heterocycles. The fourth-order valence-corrected chi connectivity index (χ4v) is 2.38. The minimum atomic E-state index is -0.0511. The van der Waals surface area contributed by atoms with Gasteiger partial charge in [-0.05, 0) is 25.7 Å². The highest BCUT2D eigenvalue weighted by Crippen LogP contribution is 2.40. The molecule has 0 aromatic carbocycles. The Kier molecular flexibility index (Phi) is 2.49. The molecule has 1 aliphatic carbocycles. The summed E-state index contributed by atoms with van der Waals surface area (Å²) in [6.45, 7) is 2.55. The van der Waals surface area contributed by atoms with Gasteiger partial charge in [0.05, 0.1) is 13.2 Å². The highest BCUT2D eigenvalue weighted by atomic mass is 16.3. The van der Waals surface area contributed by atoms with Crippen molar-refractivity contribution in [2.75, 3.05) is 13.2 Å². The summed E-state index contributed by atoms with van der Waals surface area (Å²) >= 11 is 0. The second-order valence-corrected chi connectivity index (χ2v) is 4.60. The normalized spacial score (nSPS) is 33.6. The molecule has 0 radical (unpaired) electrons. The van der Waals surface area contributed by atoms with Crippen LogP contribution < -0.4 is 5.43 Å². The summed E-state index contributed by atoms with van der Waals surface area (Å²) in [4.78, 5) is 11.6. The molecule has 1 amide bonds. The molecule has 2 N–H and O–H groups in total. The van der Waals surface area contributed by atoms with Crippen LogP contribution in [-0.4, -0.2) is 34.7 Å². The Morgan fingerprint density at radius 3 is 2.86 bits per heavy atom. The van der Waals surface area contributed by atoms with Crippen molar-refractivity contribution in [1.29, 1.82) is 0 Å². The third-order valence-corrected chi connectivity index (χ3v) is 3.54. The maximum Gasteiger partial charge on any atom is 0.238 e. The number of aliphatic hydroxyl groups excluding tert-OH is 1. The molecule has 4 nitrogen and oxygen atoms in total. The quantitative estimate of drug-likeness (QED) is 0.684. The Balaban J connectivity index is 1.99. The van der Waals surface area contributed by atoms with Gasteiger partial charge < -0.3 is 5.11 Å². The van der Waals surface area contributed by atoms with Crippen molar-refractivity contribution in [2.45, 2.75) is 38.1 Å². The lowest BCUT2D eigenvalue weighted by atomic mass is 9.71. The van der Waals surface area contributed by atoms with Crippen LogP contribution in [0.1, 0.15) is 32.6 Å². The third-order valence-electron chi connectivity index (χ3n) is 3.54. The summed E-state index contributed by atoms with van der Waals surface area (Å²) in [5.74, 6) is 0.753. The van der Waals surface area contributed by atoms with E-state index in [2.05, 4.69) is 12.3 Å². The predicted molar refractivity (Wildman–Crippen MR) is 52.3 cm³/mol. The number of hydrazine groups is 1. The van der Waals surface area contributed by atoms with Crippen LogP contribution in [0.4, 0.5) is 0 Å². The van der Waals surface area contributed by atoms with Crippen molar-refractivity contribution in [2.24, 2.45) is 5.92 Å². The van der Waals surface area contributed by atoms with Crippen molar-refractivity contribution in [3.63, 3.8) is 0 Å². The number of rotatable bonds is 3. The fraction of sp³-hybridized carbons (Fsp3) is 0.900. The second-order valence-electron chi connectivity index (χ2n) is 4.60. The van der Waals surface area contributed by atoms with Crippen LogP contribution in [0, 0.1) is 5.92 Å². The maximum absolute atomic E-state index is 11.6. The van der Waals surface area contributed by atoms with Crippen molar-refractivity contribution < 1.29 is 9.90 Å². The Bertz CT molecular complexity index is 240. The van der Waals surface area contributed by atoms with Gasteiger partial charge in [-0.3, -0.25) is 9.80 Å². The van der Waals surface area contributed by atoms with Gasteiger partial charge in [-0.1, -0.05) is 6.42 Å². The lowest BCUT2D eigenvalue weighted by Crippen LogP contribution is -2.51. The molecule has 2 fully saturated rings. The second kappa shape index (κ2) is 3.51. The van der Waals surface area contributed by atoms with E-state index in [9.17, 15) is 4.79 Å². The van der Waals surface area contributed by atoms with Crippen LogP contribution in [0.5, 0.6) is 0 Å². The fourth-order valence-electron chi connectivity index (χ4n) is 2.38. The Morgan fingerprint density at radius 1 is 1.64 bits per heavy atom. The molecule has 0 bridgehead atoms.